The number of carbonyl (C=O) groups excluding carboxylic acids is 4. The number of likely N-dealkylation sites (tertiary alicyclic amines) is 1. The van der Waals surface area contributed by atoms with Crippen molar-refractivity contribution in [2.24, 2.45) is 0 Å². The van der Waals surface area contributed by atoms with Gasteiger partial charge in [-0.15, -0.1) is 5.10 Å². The lowest BCUT2D eigenvalue weighted by atomic mass is 10.0. The van der Waals surface area contributed by atoms with Crippen molar-refractivity contribution in [1.82, 2.24) is 30.1 Å². The number of amides is 4. The summed E-state index contributed by atoms with van der Waals surface area (Å²) in [5.74, 6) is -1.18. The smallest absolute Gasteiger partial charge is 0.276 e. The highest BCUT2D eigenvalue weighted by Crippen LogP contribution is 2.29. The number of fused-ring (bicyclic) bond motifs is 1. The molecule has 5 rings (SSSR count). The number of imide groups is 1. The molecule has 33 heavy (non-hydrogen) atoms. The lowest BCUT2D eigenvalue weighted by molar-refractivity contribution is -0.136. The van der Waals surface area contributed by atoms with E-state index in [-0.39, 0.29) is 29.8 Å². The minimum atomic E-state index is -0.659. The van der Waals surface area contributed by atoms with Crippen LogP contribution in [0.15, 0.2) is 36.0 Å². The van der Waals surface area contributed by atoms with E-state index in [1.165, 1.54) is 15.2 Å². The van der Waals surface area contributed by atoms with Crippen LogP contribution in [0.5, 0.6) is 0 Å². The second kappa shape index (κ2) is 8.27. The maximum absolute atomic E-state index is 13.0. The standard InChI is InChI=1S/C23H24N6O4/c1-2-3-14-8-9-27(11-14)23(33)18-13-29(26-25-18)16-5-4-15-12-28(22(32)17(15)10-16)19-6-7-20(30)24-21(19)31/h3-5,10,13,19H,2,6-9,11-12H2,1H3,(H,24,30,31). The highest BCUT2D eigenvalue weighted by molar-refractivity contribution is 6.05. The zero-order chi connectivity index (χ0) is 23.1. The van der Waals surface area contributed by atoms with Gasteiger partial charge in [-0.05, 0) is 37.0 Å². The van der Waals surface area contributed by atoms with Crippen molar-refractivity contribution in [2.45, 2.75) is 45.2 Å². The van der Waals surface area contributed by atoms with Gasteiger partial charge in [-0.3, -0.25) is 24.5 Å². The molecule has 4 heterocycles. The van der Waals surface area contributed by atoms with E-state index in [9.17, 15) is 19.2 Å². The van der Waals surface area contributed by atoms with Crippen molar-refractivity contribution in [3.63, 3.8) is 0 Å². The van der Waals surface area contributed by atoms with Crippen molar-refractivity contribution >= 4 is 23.6 Å². The summed E-state index contributed by atoms with van der Waals surface area (Å²) in [5, 5.41) is 10.4. The fourth-order valence-electron chi connectivity index (χ4n) is 4.65. The third kappa shape index (κ3) is 3.81. The van der Waals surface area contributed by atoms with Gasteiger partial charge in [0.1, 0.15) is 6.04 Å². The molecule has 0 radical (unpaired) electrons. The Kier molecular flexibility index (Phi) is 5.27. The van der Waals surface area contributed by atoms with Crippen molar-refractivity contribution in [1.29, 1.82) is 0 Å². The minimum absolute atomic E-state index is 0.165. The quantitative estimate of drug-likeness (QED) is 0.555. The first-order valence-electron chi connectivity index (χ1n) is 11.1. The number of hydrogen-bond donors (Lipinski definition) is 1. The number of rotatable bonds is 4. The maximum atomic E-state index is 13.0. The average molecular weight is 448 g/mol. The fourth-order valence-corrected chi connectivity index (χ4v) is 4.65. The Balaban J connectivity index is 1.33. The molecule has 1 aromatic carbocycles. The number of allylic oxidation sites excluding steroid dienone is 1. The number of aromatic nitrogens is 3. The van der Waals surface area contributed by atoms with E-state index in [4.69, 9.17) is 0 Å². The monoisotopic (exact) mass is 448 g/mol. The maximum Gasteiger partial charge on any atom is 0.276 e. The normalized spacial score (nSPS) is 21.7. The van der Waals surface area contributed by atoms with Crippen molar-refractivity contribution in [3.05, 3.63) is 52.9 Å². The molecule has 3 aliphatic heterocycles. The van der Waals surface area contributed by atoms with E-state index in [1.807, 2.05) is 6.07 Å². The van der Waals surface area contributed by atoms with Gasteiger partial charge in [-0.1, -0.05) is 29.9 Å². The van der Waals surface area contributed by atoms with E-state index >= 15 is 0 Å². The molecular formula is C23H24N6O4. The van der Waals surface area contributed by atoms with Crippen LogP contribution in [0, 0.1) is 0 Å². The van der Waals surface area contributed by atoms with Crippen LogP contribution in [-0.4, -0.2) is 67.6 Å². The van der Waals surface area contributed by atoms with Gasteiger partial charge in [0.25, 0.3) is 11.8 Å². The number of piperidine rings is 1. The number of benzene rings is 1. The predicted molar refractivity (Wildman–Crippen MR) is 116 cm³/mol. The van der Waals surface area contributed by atoms with Gasteiger partial charge in [0.15, 0.2) is 5.69 Å². The average Bonchev–Trinajstić information content (AvgIpc) is 3.53. The van der Waals surface area contributed by atoms with Crippen molar-refractivity contribution in [3.8, 4) is 5.69 Å². The van der Waals surface area contributed by atoms with Gasteiger partial charge in [-0.25, -0.2) is 4.68 Å². The first kappa shape index (κ1) is 21.0. The van der Waals surface area contributed by atoms with E-state index in [0.29, 0.717) is 37.3 Å². The molecule has 10 heteroatoms. The Bertz CT molecular complexity index is 1200. The third-order valence-electron chi connectivity index (χ3n) is 6.37. The number of nitrogens with zero attached hydrogens (tertiary/aromatic N) is 5. The summed E-state index contributed by atoms with van der Waals surface area (Å²) in [7, 11) is 0. The molecule has 0 aliphatic carbocycles. The van der Waals surface area contributed by atoms with Crippen LogP contribution < -0.4 is 5.32 Å². The zero-order valence-electron chi connectivity index (χ0n) is 18.3. The molecule has 0 bridgehead atoms. The SMILES string of the molecule is CCC=C1CCN(C(=O)c2cn(-c3ccc4c(c3)C(=O)N(C3CCC(=O)NC3=O)C4)nn2)C1. The highest BCUT2D eigenvalue weighted by Gasteiger charge is 2.39. The summed E-state index contributed by atoms with van der Waals surface area (Å²) in [4.78, 5) is 52.8. The Labute approximate surface area is 190 Å². The van der Waals surface area contributed by atoms with Gasteiger partial charge < -0.3 is 9.80 Å². The highest BCUT2D eigenvalue weighted by atomic mass is 16.2. The number of carbonyl (C=O) groups is 4. The molecule has 0 spiro atoms. The molecule has 0 saturated carbocycles. The second-order valence-corrected chi connectivity index (χ2v) is 8.54. The molecule has 170 valence electrons. The number of hydrogen-bond acceptors (Lipinski definition) is 6. The van der Waals surface area contributed by atoms with Crippen molar-refractivity contribution in [2.75, 3.05) is 13.1 Å². The molecule has 1 aromatic heterocycles. The van der Waals surface area contributed by atoms with E-state index < -0.39 is 11.9 Å². The molecule has 1 unspecified atom stereocenters. The molecule has 1 atom stereocenters. The van der Waals surface area contributed by atoms with Crippen LogP contribution >= 0.6 is 0 Å². The van der Waals surface area contributed by atoms with Crippen LogP contribution in [0.4, 0.5) is 0 Å². The Morgan fingerprint density at radius 3 is 2.85 bits per heavy atom. The lowest BCUT2D eigenvalue weighted by Gasteiger charge is -2.29. The van der Waals surface area contributed by atoms with Crippen LogP contribution in [0.3, 0.4) is 0 Å². The molecule has 2 saturated heterocycles. The van der Waals surface area contributed by atoms with Crippen LogP contribution in [0.25, 0.3) is 5.69 Å². The van der Waals surface area contributed by atoms with Crippen LogP contribution in [-0.2, 0) is 16.1 Å². The Hall–Kier alpha value is -3.82. The summed E-state index contributed by atoms with van der Waals surface area (Å²) in [5.41, 5.74) is 3.40. The largest absolute Gasteiger partial charge is 0.333 e. The fraction of sp³-hybridized carbons (Fsp3) is 0.391. The molecular weight excluding hydrogens is 424 g/mol. The third-order valence-corrected chi connectivity index (χ3v) is 6.37. The summed E-state index contributed by atoms with van der Waals surface area (Å²) in [6.07, 6.45) is 6.09. The first-order chi connectivity index (χ1) is 15.9. The van der Waals surface area contributed by atoms with E-state index in [2.05, 4.69) is 28.6 Å². The van der Waals surface area contributed by atoms with Gasteiger partial charge in [0.05, 0.1) is 11.9 Å². The lowest BCUT2D eigenvalue weighted by Crippen LogP contribution is -2.52. The van der Waals surface area contributed by atoms with Gasteiger partial charge in [0, 0.05) is 31.6 Å². The molecule has 2 fully saturated rings. The molecule has 3 aliphatic rings. The predicted octanol–water partition coefficient (Wildman–Crippen LogP) is 1.21. The molecule has 2 aromatic rings. The minimum Gasteiger partial charge on any atom is -0.333 e. The first-order valence-corrected chi connectivity index (χ1v) is 11.1. The van der Waals surface area contributed by atoms with Gasteiger partial charge in [-0.2, -0.15) is 0 Å². The van der Waals surface area contributed by atoms with Crippen LogP contribution in [0.2, 0.25) is 0 Å². The summed E-state index contributed by atoms with van der Waals surface area (Å²) >= 11 is 0. The molecule has 10 nitrogen and oxygen atoms in total. The second-order valence-electron chi connectivity index (χ2n) is 8.54. The Morgan fingerprint density at radius 2 is 2.06 bits per heavy atom. The van der Waals surface area contributed by atoms with Crippen LogP contribution in [0.1, 0.15) is 59.0 Å². The molecule has 1 N–H and O–H groups in total. The van der Waals surface area contributed by atoms with E-state index in [1.54, 1.807) is 23.2 Å². The summed E-state index contributed by atoms with van der Waals surface area (Å²) in [6.45, 7) is 3.67. The molecule has 4 amide bonds. The summed E-state index contributed by atoms with van der Waals surface area (Å²) in [6, 6.07) is 4.67. The topological polar surface area (TPSA) is 118 Å². The zero-order valence-corrected chi connectivity index (χ0v) is 18.3. The Morgan fingerprint density at radius 1 is 1.21 bits per heavy atom. The van der Waals surface area contributed by atoms with E-state index in [0.717, 1.165) is 18.4 Å². The van der Waals surface area contributed by atoms with Gasteiger partial charge >= 0.3 is 0 Å². The summed E-state index contributed by atoms with van der Waals surface area (Å²) < 4.78 is 1.48. The number of nitrogens with one attached hydrogen (secondary N) is 1. The van der Waals surface area contributed by atoms with Gasteiger partial charge in [0.2, 0.25) is 11.8 Å². The van der Waals surface area contributed by atoms with Crippen molar-refractivity contribution < 1.29 is 19.2 Å².